The standard InChI is InChI=1S/C20H22Cl2FN7O/c1-29-6-4-11(9-29)18-25-20(31-28-18)15-8-16-19(27-26-15)24-5-7-30(16)10-12-13(21)2-3-14(23)17(12)22/h2-3,8,11,24,26-27H,4-7,9-10H2,1H3. The zero-order chi connectivity index (χ0) is 21.5. The molecule has 0 saturated carbocycles. The normalized spacial score (nSPS) is 21.4. The van der Waals surface area contributed by atoms with E-state index in [2.05, 4.69) is 43.2 Å². The van der Waals surface area contributed by atoms with Gasteiger partial charge in [-0.1, -0.05) is 28.4 Å². The van der Waals surface area contributed by atoms with Crippen molar-refractivity contribution < 1.29 is 8.91 Å². The van der Waals surface area contributed by atoms with Gasteiger partial charge in [0.1, 0.15) is 17.3 Å². The van der Waals surface area contributed by atoms with Crippen LogP contribution < -0.4 is 16.2 Å². The number of likely N-dealkylation sites (N-methyl/N-ethyl adjacent to an activating group) is 1. The number of allylic oxidation sites excluding steroid dienone is 1. The molecule has 1 aromatic heterocycles. The molecular weight excluding hydrogens is 444 g/mol. The van der Waals surface area contributed by atoms with E-state index >= 15 is 0 Å². The van der Waals surface area contributed by atoms with Gasteiger partial charge < -0.3 is 19.6 Å². The molecule has 1 fully saturated rings. The Morgan fingerprint density at radius 2 is 2.13 bits per heavy atom. The molecule has 1 saturated heterocycles. The first kappa shape index (κ1) is 20.4. The molecule has 0 aliphatic carbocycles. The molecular formula is C20H22Cl2FN7O. The summed E-state index contributed by atoms with van der Waals surface area (Å²) in [6.45, 7) is 3.72. The summed E-state index contributed by atoms with van der Waals surface area (Å²) in [6.07, 6.45) is 2.94. The number of hydrazine groups is 1. The number of rotatable bonds is 4. The Morgan fingerprint density at radius 3 is 2.94 bits per heavy atom. The second-order valence-corrected chi connectivity index (χ2v) is 8.73. The second-order valence-electron chi connectivity index (χ2n) is 7.94. The molecule has 3 aliphatic heterocycles. The molecule has 5 rings (SSSR count). The fourth-order valence-electron chi connectivity index (χ4n) is 4.10. The average molecular weight is 466 g/mol. The van der Waals surface area contributed by atoms with Crippen LogP contribution in [-0.4, -0.2) is 53.2 Å². The topological polar surface area (TPSA) is 81.5 Å². The highest BCUT2D eigenvalue weighted by atomic mass is 35.5. The third-order valence-corrected chi connectivity index (χ3v) is 6.56. The van der Waals surface area contributed by atoms with Crippen LogP contribution in [0.15, 0.2) is 34.2 Å². The van der Waals surface area contributed by atoms with Gasteiger partial charge in [-0.2, -0.15) is 4.98 Å². The molecule has 0 amide bonds. The van der Waals surface area contributed by atoms with Gasteiger partial charge in [-0.3, -0.25) is 10.9 Å². The summed E-state index contributed by atoms with van der Waals surface area (Å²) in [7, 11) is 2.09. The Bertz CT molecular complexity index is 1070. The van der Waals surface area contributed by atoms with Crippen LogP contribution in [0.1, 0.15) is 29.6 Å². The molecule has 0 spiro atoms. The molecule has 1 unspecified atom stereocenters. The first-order valence-corrected chi connectivity index (χ1v) is 10.9. The zero-order valence-corrected chi connectivity index (χ0v) is 18.4. The van der Waals surface area contributed by atoms with Crippen LogP contribution in [0.3, 0.4) is 0 Å². The molecule has 31 heavy (non-hydrogen) atoms. The van der Waals surface area contributed by atoms with Gasteiger partial charge >= 0.3 is 0 Å². The van der Waals surface area contributed by atoms with E-state index in [1.165, 1.54) is 12.1 Å². The molecule has 3 aliphatic rings. The maximum absolute atomic E-state index is 14.0. The van der Waals surface area contributed by atoms with E-state index in [0.717, 1.165) is 36.9 Å². The van der Waals surface area contributed by atoms with E-state index in [4.69, 9.17) is 27.7 Å². The van der Waals surface area contributed by atoms with Crippen LogP contribution in [0.2, 0.25) is 10.0 Å². The van der Waals surface area contributed by atoms with Gasteiger partial charge in [0, 0.05) is 42.7 Å². The third kappa shape index (κ3) is 3.93. The van der Waals surface area contributed by atoms with Crippen LogP contribution in [0.25, 0.3) is 5.70 Å². The molecule has 4 heterocycles. The Kier molecular flexibility index (Phi) is 5.41. The number of hydrogen-bond acceptors (Lipinski definition) is 8. The van der Waals surface area contributed by atoms with Crippen molar-refractivity contribution in [2.24, 2.45) is 0 Å². The Labute approximate surface area is 189 Å². The van der Waals surface area contributed by atoms with E-state index < -0.39 is 5.82 Å². The maximum Gasteiger partial charge on any atom is 0.275 e. The molecule has 1 aromatic carbocycles. The Balaban J connectivity index is 1.41. The number of halogens is 3. The van der Waals surface area contributed by atoms with E-state index in [0.29, 0.717) is 41.8 Å². The van der Waals surface area contributed by atoms with Crippen LogP contribution in [0.5, 0.6) is 0 Å². The monoisotopic (exact) mass is 465 g/mol. The summed E-state index contributed by atoms with van der Waals surface area (Å²) < 4.78 is 19.5. The quantitative estimate of drug-likeness (QED) is 0.594. The van der Waals surface area contributed by atoms with Crippen LogP contribution in [-0.2, 0) is 6.54 Å². The number of nitrogens with one attached hydrogen (secondary N) is 3. The maximum atomic E-state index is 14.0. The highest BCUT2D eigenvalue weighted by Crippen LogP contribution is 2.31. The first-order valence-electron chi connectivity index (χ1n) is 10.1. The summed E-state index contributed by atoms with van der Waals surface area (Å²) in [5.74, 6) is 1.73. The minimum Gasteiger partial charge on any atom is -0.367 e. The van der Waals surface area contributed by atoms with Gasteiger partial charge in [0.05, 0.1) is 10.7 Å². The van der Waals surface area contributed by atoms with Crippen molar-refractivity contribution in [3.05, 3.63) is 62.9 Å². The fourth-order valence-corrected chi connectivity index (χ4v) is 4.59. The van der Waals surface area contributed by atoms with Crippen LogP contribution in [0, 0.1) is 5.82 Å². The molecule has 3 N–H and O–H groups in total. The molecule has 1 atom stereocenters. The Morgan fingerprint density at radius 1 is 1.26 bits per heavy atom. The van der Waals surface area contributed by atoms with Crippen molar-refractivity contribution in [3.63, 3.8) is 0 Å². The summed E-state index contributed by atoms with van der Waals surface area (Å²) in [5.41, 5.74) is 8.34. The predicted molar refractivity (Wildman–Crippen MR) is 115 cm³/mol. The third-order valence-electron chi connectivity index (χ3n) is 5.80. The van der Waals surface area contributed by atoms with Crippen molar-refractivity contribution in [2.45, 2.75) is 18.9 Å². The van der Waals surface area contributed by atoms with Crippen LogP contribution >= 0.6 is 23.2 Å². The van der Waals surface area contributed by atoms with Crippen molar-refractivity contribution in [3.8, 4) is 0 Å². The highest BCUT2D eigenvalue weighted by molar-refractivity contribution is 6.36. The molecule has 0 radical (unpaired) electrons. The van der Waals surface area contributed by atoms with Gasteiger partial charge in [0.25, 0.3) is 5.89 Å². The van der Waals surface area contributed by atoms with Gasteiger partial charge in [-0.05, 0) is 38.2 Å². The van der Waals surface area contributed by atoms with Gasteiger partial charge in [0.2, 0.25) is 0 Å². The predicted octanol–water partition coefficient (Wildman–Crippen LogP) is 2.66. The van der Waals surface area contributed by atoms with Gasteiger partial charge in [0.15, 0.2) is 5.82 Å². The lowest BCUT2D eigenvalue weighted by Crippen LogP contribution is -2.48. The lowest BCUT2D eigenvalue weighted by atomic mass is 10.1. The number of nitrogens with zero attached hydrogens (tertiary/aromatic N) is 4. The molecule has 2 aromatic rings. The van der Waals surface area contributed by atoms with E-state index in [-0.39, 0.29) is 10.9 Å². The second kappa shape index (κ2) is 8.22. The molecule has 8 nitrogen and oxygen atoms in total. The van der Waals surface area contributed by atoms with Crippen molar-refractivity contribution in [1.29, 1.82) is 0 Å². The Hall–Kier alpha value is -2.49. The fraction of sp³-hybridized carbons (Fsp3) is 0.400. The van der Waals surface area contributed by atoms with E-state index in [1.54, 1.807) is 0 Å². The summed E-state index contributed by atoms with van der Waals surface area (Å²) >= 11 is 12.5. The highest BCUT2D eigenvalue weighted by Gasteiger charge is 2.29. The van der Waals surface area contributed by atoms with Crippen molar-refractivity contribution >= 4 is 28.9 Å². The summed E-state index contributed by atoms with van der Waals surface area (Å²) in [4.78, 5) is 8.94. The van der Waals surface area contributed by atoms with Gasteiger partial charge in [-0.25, -0.2) is 4.39 Å². The molecule has 164 valence electrons. The molecule has 11 heteroatoms. The summed E-state index contributed by atoms with van der Waals surface area (Å²) in [6, 6.07) is 2.80. The zero-order valence-electron chi connectivity index (χ0n) is 16.9. The SMILES string of the molecule is CN1CCC(c2noc(C3=CC4=C(NCCN4Cc4c(Cl)ccc(F)c4Cl)NN3)n2)C1. The lowest BCUT2D eigenvalue weighted by molar-refractivity contribution is 0.308. The average Bonchev–Trinajstić information content (AvgIpc) is 3.43. The smallest absolute Gasteiger partial charge is 0.275 e. The number of likely N-dealkylation sites (tertiary alicyclic amines) is 1. The number of aromatic nitrogens is 2. The minimum absolute atomic E-state index is 0.0438. The number of hydrogen-bond donors (Lipinski definition) is 3. The number of benzene rings is 1. The van der Waals surface area contributed by atoms with Crippen molar-refractivity contribution in [1.82, 2.24) is 36.1 Å². The molecule has 0 bridgehead atoms. The van der Waals surface area contributed by atoms with E-state index in [9.17, 15) is 4.39 Å². The lowest BCUT2D eigenvalue weighted by Gasteiger charge is -2.36. The first-order chi connectivity index (χ1) is 15.0. The largest absolute Gasteiger partial charge is 0.367 e. The van der Waals surface area contributed by atoms with E-state index in [1.807, 2.05) is 6.08 Å². The minimum atomic E-state index is -0.485. The van der Waals surface area contributed by atoms with Crippen LogP contribution in [0.4, 0.5) is 4.39 Å². The summed E-state index contributed by atoms with van der Waals surface area (Å²) in [5, 5.41) is 7.98. The van der Waals surface area contributed by atoms with Crippen molar-refractivity contribution in [2.75, 3.05) is 33.2 Å². The van der Waals surface area contributed by atoms with Gasteiger partial charge in [-0.15, -0.1) is 0 Å².